The Labute approximate surface area is 144 Å². The van der Waals surface area contributed by atoms with Gasteiger partial charge in [0.15, 0.2) is 4.34 Å². The number of carbonyl (C=O) groups is 1. The molecule has 1 atom stereocenters. The summed E-state index contributed by atoms with van der Waals surface area (Å²) in [6.07, 6.45) is 0. The molecule has 1 heterocycles. The van der Waals surface area contributed by atoms with Crippen LogP contribution in [-0.4, -0.2) is 21.4 Å². The van der Waals surface area contributed by atoms with Gasteiger partial charge in [-0.2, -0.15) is 0 Å². The van der Waals surface area contributed by atoms with E-state index >= 15 is 0 Å². The number of aromatic nitrogens is 2. The molecule has 1 aromatic heterocycles. The molecule has 2 aromatic rings. The number of nitrogens with two attached hydrogens (primary N) is 1. The minimum Gasteiger partial charge on any atom is -0.374 e. The summed E-state index contributed by atoms with van der Waals surface area (Å²) in [5.74, 6) is -0.242. The molecule has 0 saturated carbocycles. The number of carbonyl (C=O) groups excluding carboxylic acids is 1. The molecule has 21 heavy (non-hydrogen) atoms. The first kappa shape index (κ1) is 16.6. The predicted molar refractivity (Wildman–Crippen MR) is 89.7 cm³/mol. The Kier molecular flexibility index (Phi) is 5.56. The molecule has 0 saturated heterocycles. The van der Waals surface area contributed by atoms with Crippen LogP contribution in [0.4, 0.5) is 10.8 Å². The molecule has 5 nitrogen and oxygen atoms in total. The summed E-state index contributed by atoms with van der Waals surface area (Å²) >= 11 is 20.2. The van der Waals surface area contributed by atoms with Crippen molar-refractivity contribution in [1.82, 2.24) is 10.2 Å². The molecule has 0 unspecified atom stereocenters. The highest BCUT2D eigenvalue weighted by atomic mass is 35.5. The third-order valence-electron chi connectivity index (χ3n) is 2.34. The van der Waals surface area contributed by atoms with Crippen LogP contribution in [0, 0.1) is 0 Å². The molecule has 2 rings (SSSR count). The van der Waals surface area contributed by atoms with E-state index in [-0.39, 0.29) is 5.91 Å². The summed E-state index contributed by atoms with van der Waals surface area (Å²) in [6.45, 7) is 1.74. The van der Waals surface area contributed by atoms with E-state index in [9.17, 15) is 4.79 Å². The van der Waals surface area contributed by atoms with E-state index in [1.165, 1.54) is 35.2 Å². The van der Waals surface area contributed by atoms with Gasteiger partial charge in [-0.15, -0.1) is 10.2 Å². The van der Waals surface area contributed by atoms with E-state index in [1.807, 2.05) is 0 Å². The van der Waals surface area contributed by atoms with Crippen LogP contribution in [0.1, 0.15) is 6.92 Å². The highest BCUT2D eigenvalue weighted by Gasteiger charge is 2.18. The van der Waals surface area contributed by atoms with Gasteiger partial charge in [0.25, 0.3) is 0 Å². The first-order valence-corrected chi connectivity index (χ1v) is 8.41. The van der Waals surface area contributed by atoms with Crippen molar-refractivity contribution in [1.29, 1.82) is 0 Å². The monoisotopic (exact) mass is 382 g/mol. The van der Waals surface area contributed by atoms with Crippen molar-refractivity contribution in [2.75, 3.05) is 11.1 Å². The largest absolute Gasteiger partial charge is 0.374 e. The zero-order valence-electron chi connectivity index (χ0n) is 10.6. The zero-order chi connectivity index (χ0) is 15.6. The first-order valence-electron chi connectivity index (χ1n) is 5.58. The number of amides is 1. The summed E-state index contributed by atoms with van der Waals surface area (Å²) in [5.41, 5.74) is 5.89. The number of nitrogen functional groups attached to an aromatic ring is 1. The molecule has 0 aliphatic rings. The molecule has 0 fully saturated rings. The molecule has 0 aliphatic carbocycles. The van der Waals surface area contributed by atoms with Crippen LogP contribution in [0.15, 0.2) is 16.5 Å². The Morgan fingerprint density at radius 2 is 1.95 bits per heavy atom. The fraction of sp³-hybridized carbons (Fsp3) is 0.182. The molecule has 0 aliphatic heterocycles. The number of thioether (sulfide) groups is 1. The van der Waals surface area contributed by atoms with Crippen LogP contribution in [0.3, 0.4) is 0 Å². The second kappa shape index (κ2) is 7.02. The average molecular weight is 384 g/mol. The Balaban J connectivity index is 2.05. The predicted octanol–water partition coefficient (Wildman–Crippen LogP) is 4.20. The minimum atomic E-state index is -0.400. The highest BCUT2D eigenvalue weighted by molar-refractivity contribution is 8.02. The van der Waals surface area contributed by atoms with Gasteiger partial charge in [0.2, 0.25) is 11.0 Å². The van der Waals surface area contributed by atoms with Crippen molar-refractivity contribution in [2.45, 2.75) is 16.5 Å². The molecule has 0 spiro atoms. The lowest BCUT2D eigenvalue weighted by molar-refractivity contribution is -0.115. The highest BCUT2D eigenvalue weighted by Crippen LogP contribution is 2.33. The Bertz CT molecular complexity index is 679. The average Bonchev–Trinajstić information content (AvgIpc) is 2.81. The third-order valence-corrected chi connectivity index (χ3v) is 5.31. The van der Waals surface area contributed by atoms with Crippen molar-refractivity contribution in [3.05, 3.63) is 27.2 Å². The molecule has 10 heteroatoms. The maximum Gasteiger partial charge on any atom is 0.237 e. The smallest absolute Gasteiger partial charge is 0.237 e. The van der Waals surface area contributed by atoms with E-state index in [0.29, 0.717) is 30.2 Å². The van der Waals surface area contributed by atoms with Crippen molar-refractivity contribution < 1.29 is 4.79 Å². The van der Waals surface area contributed by atoms with Crippen LogP contribution in [-0.2, 0) is 4.79 Å². The standard InChI is InChI=1S/C11H9Cl3N4OS2/c1-4(20-11-18-17-10(15)21-11)9(19)16-8-3-6(13)5(12)2-7(8)14/h2-4H,1H3,(H2,15,17)(H,16,19)/t4-/m1/s1. The molecular weight excluding hydrogens is 375 g/mol. The number of hydrogen-bond donors (Lipinski definition) is 2. The lowest BCUT2D eigenvalue weighted by Crippen LogP contribution is -2.22. The summed E-state index contributed by atoms with van der Waals surface area (Å²) < 4.78 is 0.621. The van der Waals surface area contributed by atoms with Crippen LogP contribution in [0.2, 0.25) is 15.1 Å². The van der Waals surface area contributed by atoms with Crippen molar-refractivity contribution in [3.8, 4) is 0 Å². The lowest BCUT2D eigenvalue weighted by Gasteiger charge is -2.12. The van der Waals surface area contributed by atoms with Gasteiger partial charge < -0.3 is 11.1 Å². The molecule has 0 bridgehead atoms. The summed E-state index contributed by atoms with van der Waals surface area (Å²) in [4.78, 5) is 12.1. The third kappa shape index (κ3) is 4.37. The normalized spacial score (nSPS) is 12.2. The quantitative estimate of drug-likeness (QED) is 0.611. The van der Waals surface area contributed by atoms with Gasteiger partial charge in [-0.25, -0.2) is 0 Å². The van der Waals surface area contributed by atoms with Gasteiger partial charge in [-0.05, 0) is 19.1 Å². The number of anilines is 2. The van der Waals surface area contributed by atoms with Gasteiger partial charge in [-0.3, -0.25) is 4.79 Å². The number of nitrogens with one attached hydrogen (secondary N) is 1. The Morgan fingerprint density at radius 1 is 1.29 bits per heavy atom. The zero-order valence-corrected chi connectivity index (χ0v) is 14.5. The number of hydrogen-bond acceptors (Lipinski definition) is 6. The van der Waals surface area contributed by atoms with Crippen molar-refractivity contribution in [3.63, 3.8) is 0 Å². The second-order valence-corrected chi connectivity index (χ2v) is 7.72. The van der Waals surface area contributed by atoms with E-state index in [1.54, 1.807) is 6.92 Å². The number of halogens is 3. The molecular formula is C11H9Cl3N4OS2. The van der Waals surface area contributed by atoms with Gasteiger partial charge in [-0.1, -0.05) is 57.9 Å². The summed E-state index contributed by atoms with van der Waals surface area (Å²) in [7, 11) is 0. The minimum absolute atomic E-state index is 0.242. The number of benzene rings is 1. The van der Waals surface area contributed by atoms with Crippen molar-refractivity contribution in [2.24, 2.45) is 0 Å². The fourth-order valence-corrected chi connectivity index (χ4v) is 3.70. The van der Waals surface area contributed by atoms with E-state index in [2.05, 4.69) is 15.5 Å². The molecule has 1 amide bonds. The van der Waals surface area contributed by atoms with Crippen molar-refractivity contribution >= 4 is 74.6 Å². The van der Waals surface area contributed by atoms with Gasteiger partial charge in [0, 0.05) is 0 Å². The first-order chi connectivity index (χ1) is 9.86. The maximum absolute atomic E-state index is 12.1. The Hall–Kier alpha value is -0.730. The number of rotatable bonds is 4. The van der Waals surface area contributed by atoms with Crippen LogP contribution >= 0.6 is 57.9 Å². The van der Waals surface area contributed by atoms with E-state index < -0.39 is 5.25 Å². The fourth-order valence-electron chi connectivity index (χ4n) is 1.33. The molecule has 3 N–H and O–H groups in total. The van der Waals surface area contributed by atoms with Gasteiger partial charge >= 0.3 is 0 Å². The van der Waals surface area contributed by atoms with Gasteiger partial charge in [0.05, 0.1) is 26.0 Å². The van der Waals surface area contributed by atoms with E-state index in [4.69, 9.17) is 40.5 Å². The SMILES string of the molecule is C[C@@H](Sc1nnc(N)s1)C(=O)Nc1cc(Cl)c(Cl)cc1Cl. The molecule has 0 radical (unpaired) electrons. The summed E-state index contributed by atoms with van der Waals surface area (Å²) in [5, 5.41) is 11.1. The Morgan fingerprint density at radius 3 is 2.57 bits per heavy atom. The molecule has 1 aromatic carbocycles. The topological polar surface area (TPSA) is 80.9 Å². The summed E-state index contributed by atoms with van der Waals surface area (Å²) in [6, 6.07) is 2.98. The van der Waals surface area contributed by atoms with Crippen LogP contribution in [0.5, 0.6) is 0 Å². The number of nitrogens with zero attached hydrogens (tertiary/aromatic N) is 2. The second-order valence-electron chi connectivity index (χ2n) is 3.90. The molecule has 112 valence electrons. The van der Waals surface area contributed by atoms with E-state index in [0.717, 1.165) is 0 Å². The van der Waals surface area contributed by atoms with Crippen LogP contribution < -0.4 is 11.1 Å². The maximum atomic E-state index is 12.1. The van der Waals surface area contributed by atoms with Crippen LogP contribution in [0.25, 0.3) is 0 Å². The lowest BCUT2D eigenvalue weighted by atomic mass is 10.3. The van der Waals surface area contributed by atoms with Gasteiger partial charge in [0.1, 0.15) is 0 Å².